The van der Waals surface area contributed by atoms with Gasteiger partial charge in [0.25, 0.3) is 10.1 Å². The van der Waals surface area contributed by atoms with Gasteiger partial charge in [0.1, 0.15) is 6.10 Å². The Morgan fingerprint density at radius 2 is 1.15 bits per heavy atom. The summed E-state index contributed by atoms with van der Waals surface area (Å²) in [6, 6.07) is -1.23. The van der Waals surface area contributed by atoms with E-state index in [1.165, 1.54) is 63.9 Å². The number of unbranched alkanes of at least 4 members (excludes halogenated alkanes) is 15. The van der Waals surface area contributed by atoms with Crippen LogP contribution in [0, 0.1) is 0 Å². The van der Waals surface area contributed by atoms with Crippen molar-refractivity contribution in [3.63, 3.8) is 0 Å². The summed E-state index contributed by atoms with van der Waals surface area (Å²) < 4.78 is 32.0. The van der Waals surface area contributed by atoms with Crippen LogP contribution in [0.5, 0.6) is 0 Å². The van der Waals surface area contributed by atoms with Crippen LogP contribution in [-0.2, 0) is 14.9 Å². The molecule has 40 heavy (non-hydrogen) atoms. The molecule has 0 radical (unpaired) electrons. The molecule has 234 valence electrons. The van der Waals surface area contributed by atoms with Gasteiger partial charge in [-0.1, -0.05) is 127 Å². The van der Waals surface area contributed by atoms with Gasteiger partial charge in [0, 0.05) is 0 Å². The van der Waals surface area contributed by atoms with Crippen molar-refractivity contribution in [3.8, 4) is 0 Å². The molecule has 3 unspecified atom stereocenters. The highest BCUT2D eigenvalue weighted by Gasteiger charge is 2.27. The Balaban J connectivity index is 4.00. The normalized spacial score (nSPS) is 14.8. The van der Waals surface area contributed by atoms with Crippen molar-refractivity contribution >= 4 is 16.0 Å². The molecule has 0 spiro atoms. The second-order valence-corrected chi connectivity index (χ2v) is 12.4. The van der Waals surface area contributed by atoms with Gasteiger partial charge in [0.2, 0.25) is 5.91 Å². The first-order chi connectivity index (χ1) is 19.2. The maximum absolute atomic E-state index is 12.4. The van der Waals surface area contributed by atoms with Crippen LogP contribution in [0.15, 0.2) is 36.5 Å². The molecule has 3 atom stereocenters. The van der Waals surface area contributed by atoms with Gasteiger partial charge >= 0.3 is 0 Å². The van der Waals surface area contributed by atoms with Crippen LogP contribution in [0.4, 0.5) is 0 Å². The monoisotopic (exact) mass is 585 g/mol. The third-order valence-electron chi connectivity index (χ3n) is 6.95. The zero-order chi connectivity index (χ0) is 29.9. The van der Waals surface area contributed by atoms with Gasteiger partial charge in [-0.25, -0.2) is 0 Å². The first-order valence-corrected chi connectivity index (χ1v) is 17.4. The summed E-state index contributed by atoms with van der Waals surface area (Å²) in [5.41, 5.74) is 0. The van der Waals surface area contributed by atoms with Crippen LogP contribution in [0.3, 0.4) is 0 Å². The summed E-state index contributed by atoms with van der Waals surface area (Å²) in [7, 11) is -4.42. The van der Waals surface area contributed by atoms with E-state index in [4.69, 9.17) is 0 Å². The number of amides is 1. The Morgan fingerprint density at radius 3 is 1.65 bits per heavy atom. The van der Waals surface area contributed by atoms with E-state index in [2.05, 4.69) is 43.5 Å². The van der Waals surface area contributed by atoms with E-state index in [1.807, 2.05) is 0 Å². The lowest BCUT2D eigenvalue weighted by molar-refractivity contribution is -0.130. The van der Waals surface area contributed by atoms with Crippen LogP contribution in [0.2, 0.25) is 0 Å². The number of carbonyl (C=O) groups is 1. The molecular formula is C32H59NO6S. The average molecular weight is 586 g/mol. The Bertz CT molecular complexity index is 793. The minimum Gasteiger partial charge on any atom is -0.387 e. The van der Waals surface area contributed by atoms with Gasteiger partial charge in [0.15, 0.2) is 0 Å². The number of hydrogen-bond acceptors (Lipinski definition) is 5. The molecule has 0 saturated carbocycles. The number of aliphatic hydroxyl groups excluding tert-OH is 2. The molecule has 0 fully saturated rings. The number of rotatable bonds is 27. The molecule has 0 aliphatic heterocycles. The largest absolute Gasteiger partial charge is 0.387 e. The van der Waals surface area contributed by atoms with Gasteiger partial charge in [0.05, 0.1) is 17.9 Å². The molecular weight excluding hydrogens is 526 g/mol. The zero-order valence-corrected chi connectivity index (χ0v) is 26.1. The van der Waals surface area contributed by atoms with Crippen molar-refractivity contribution in [2.24, 2.45) is 0 Å². The highest BCUT2D eigenvalue weighted by molar-refractivity contribution is 7.85. The fourth-order valence-electron chi connectivity index (χ4n) is 4.44. The predicted molar refractivity (Wildman–Crippen MR) is 167 cm³/mol. The Kier molecular flexibility index (Phi) is 25.4. The van der Waals surface area contributed by atoms with E-state index in [1.54, 1.807) is 6.08 Å². The topological polar surface area (TPSA) is 124 Å². The summed E-state index contributed by atoms with van der Waals surface area (Å²) in [6.07, 6.45) is 29.7. The van der Waals surface area contributed by atoms with Crippen molar-refractivity contribution < 1.29 is 28.0 Å². The molecule has 0 aliphatic carbocycles. The van der Waals surface area contributed by atoms with E-state index in [0.717, 1.165) is 51.4 Å². The van der Waals surface area contributed by atoms with E-state index in [0.29, 0.717) is 6.42 Å². The Morgan fingerprint density at radius 1 is 0.700 bits per heavy atom. The molecule has 0 saturated heterocycles. The third-order valence-corrected chi connectivity index (χ3v) is 7.73. The maximum Gasteiger partial charge on any atom is 0.267 e. The maximum atomic E-state index is 12.4. The number of aliphatic hydroxyl groups is 2. The Labute approximate surface area is 245 Å². The van der Waals surface area contributed by atoms with Crippen LogP contribution in [0.25, 0.3) is 0 Å². The highest BCUT2D eigenvalue weighted by Crippen LogP contribution is 2.13. The summed E-state index contributed by atoms with van der Waals surface area (Å²) in [6.45, 7) is 4.31. The highest BCUT2D eigenvalue weighted by atomic mass is 32.2. The van der Waals surface area contributed by atoms with Gasteiger partial charge in [-0.2, -0.15) is 8.42 Å². The molecule has 0 aromatic carbocycles. The molecule has 0 aromatic heterocycles. The summed E-state index contributed by atoms with van der Waals surface area (Å²) >= 11 is 0. The van der Waals surface area contributed by atoms with Gasteiger partial charge in [-0.05, 0) is 44.9 Å². The first-order valence-electron chi connectivity index (χ1n) is 15.8. The predicted octanol–water partition coefficient (Wildman–Crippen LogP) is 7.20. The first kappa shape index (κ1) is 38.5. The Hall–Kier alpha value is -1.48. The van der Waals surface area contributed by atoms with E-state index >= 15 is 0 Å². The number of nitrogens with one attached hydrogen (secondary N) is 1. The van der Waals surface area contributed by atoms with Crippen molar-refractivity contribution in [1.29, 1.82) is 0 Å². The fourth-order valence-corrected chi connectivity index (χ4v) is 5.18. The molecule has 4 N–H and O–H groups in total. The molecule has 7 nitrogen and oxygen atoms in total. The summed E-state index contributed by atoms with van der Waals surface area (Å²) in [5, 5.41) is 23.0. The van der Waals surface area contributed by atoms with E-state index < -0.39 is 40.0 Å². The SMILES string of the molecule is CCCCC/C=C\C=C/CCCCCCCCCCCC(O)C(=O)NC(CS(=O)(=O)O)C(O)/C=C/CCCCC. The summed E-state index contributed by atoms with van der Waals surface area (Å²) in [4.78, 5) is 12.4. The molecule has 0 rings (SSSR count). The van der Waals surface area contributed by atoms with Crippen LogP contribution >= 0.6 is 0 Å². The van der Waals surface area contributed by atoms with Crippen molar-refractivity contribution in [2.75, 3.05) is 5.75 Å². The van der Waals surface area contributed by atoms with Gasteiger partial charge in [-0.3, -0.25) is 9.35 Å². The number of allylic oxidation sites excluding steroid dienone is 5. The van der Waals surface area contributed by atoms with Gasteiger partial charge < -0.3 is 15.5 Å². The lowest BCUT2D eigenvalue weighted by Crippen LogP contribution is -2.50. The molecule has 0 bridgehead atoms. The zero-order valence-electron chi connectivity index (χ0n) is 25.3. The lowest BCUT2D eigenvalue weighted by atomic mass is 10.0. The van der Waals surface area contributed by atoms with Crippen LogP contribution in [0.1, 0.15) is 136 Å². The second kappa shape index (κ2) is 26.4. The molecule has 0 aliphatic rings. The van der Waals surface area contributed by atoms with Crippen LogP contribution < -0.4 is 5.32 Å². The number of carbonyl (C=O) groups excluding carboxylic acids is 1. The molecule has 1 amide bonds. The summed E-state index contributed by atoms with van der Waals surface area (Å²) in [5.74, 6) is -1.55. The van der Waals surface area contributed by atoms with Crippen molar-refractivity contribution in [3.05, 3.63) is 36.5 Å². The van der Waals surface area contributed by atoms with Crippen molar-refractivity contribution in [1.82, 2.24) is 5.32 Å². The fraction of sp³-hybridized carbons (Fsp3) is 0.781. The lowest BCUT2D eigenvalue weighted by Gasteiger charge is -2.22. The van der Waals surface area contributed by atoms with Crippen molar-refractivity contribution in [2.45, 2.75) is 154 Å². The van der Waals surface area contributed by atoms with E-state index in [9.17, 15) is 28.0 Å². The van der Waals surface area contributed by atoms with E-state index in [-0.39, 0.29) is 6.42 Å². The molecule has 8 heteroatoms. The van der Waals surface area contributed by atoms with Crippen LogP contribution in [-0.4, -0.2) is 53.1 Å². The standard InChI is InChI=1S/C32H59NO6S/c1-3-5-7-9-10-11-12-13-14-15-16-17-18-19-20-21-23-25-27-31(35)32(36)33-29(28-40(37,38)39)30(34)26-24-22-8-6-4-2/h10-13,24,26,29-31,34-35H,3-9,14-23,25,27-28H2,1-2H3,(H,33,36)(H,37,38,39)/b11-10-,13-12-,26-24+. The van der Waals surface area contributed by atoms with Gasteiger partial charge in [-0.15, -0.1) is 0 Å². The second-order valence-electron chi connectivity index (χ2n) is 10.9. The number of hydrogen-bond donors (Lipinski definition) is 4. The minimum absolute atomic E-state index is 0.273. The average Bonchev–Trinajstić information content (AvgIpc) is 2.90. The smallest absolute Gasteiger partial charge is 0.267 e. The third kappa shape index (κ3) is 25.5. The molecule has 0 aromatic rings. The molecule has 0 heterocycles. The quantitative estimate of drug-likeness (QED) is 0.0350. The minimum atomic E-state index is -4.42.